The van der Waals surface area contributed by atoms with Gasteiger partial charge in [0.2, 0.25) is 10.0 Å². The Balaban J connectivity index is 2.20. The van der Waals surface area contributed by atoms with E-state index in [0.29, 0.717) is 0 Å². The van der Waals surface area contributed by atoms with Crippen molar-refractivity contribution in [2.75, 3.05) is 12.4 Å². The lowest BCUT2D eigenvalue weighted by Gasteiger charge is -2.14. The van der Waals surface area contributed by atoms with Crippen LogP contribution >= 0.6 is 0 Å². The Morgan fingerprint density at radius 1 is 1.35 bits per heavy atom. The van der Waals surface area contributed by atoms with Gasteiger partial charge in [-0.15, -0.1) is 0 Å². The number of aryl methyl sites for hydroxylation is 1. The van der Waals surface area contributed by atoms with Crippen LogP contribution in [0.5, 0.6) is 0 Å². The molecular formula is C13H18N4O2S. The van der Waals surface area contributed by atoms with Crippen molar-refractivity contribution in [3.8, 4) is 0 Å². The molecule has 108 valence electrons. The smallest absolute Gasteiger partial charge is 0.240 e. The average Bonchev–Trinajstić information content (AvgIpc) is 2.86. The van der Waals surface area contributed by atoms with Crippen molar-refractivity contribution in [3.63, 3.8) is 0 Å². The summed E-state index contributed by atoms with van der Waals surface area (Å²) in [5.74, 6) is 0. The quantitative estimate of drug-likeness (QED) is 0.876. The molecule has 20 heavy (non-hydrogen) atoms. The SMILES string of the molecule is CNS(=O)(=O)c1cccc(NC(C)c2cnn(C)c2)c1. The minimum absolute atomic E-state index is 0.0382. The van der Waals surface area contributed by atoms with Crippen molar-refractivity contribution in [2.24, 2.45) is 7.05 Å². The lowest BCUT2D eigenvalue weighted by atomic mass is 10.2. The molecule has 7 heteroatoms. The zero-order valence-electron chi connectivity index (χ0n) is 11.7. The molecule has 1 atom stereocenters. The summed E-state index contributed by atoms with van der Waals surface area (Å²) < 4.78 is 27.6. The van der Waals surface area contributed by atoms with Gasteiger partial charge in [0.25, 0.3) is 0 Å². The van der Waals surface area contributed by atoms with E-state index in [0.717, 1.165) is 11.3 Å². The van der Waals surface area contributed by atoms with Crippen molar-refractivity contribution < 1.29 is 8.42 Å². The Bertz CT molecular complexity index is 694. The van der Waals surface area contributed by atoms with E-state index in [-0.39, 0.29) is 10.9 Å². The first-order valence-electron chi connectivity index (χ1n) is 6.21. The van der Waals surface area contributed by atoms with Gasteiger partial charge in [0.1, 0.15) is 0 Å². The van der Waals surface area contributed by atoms with Crippen molar-refractivity contribution in [1.29, 1.82) is 0 Å². The molecule has 0 saturated heterocycles. The van der Waals surface area contributed by atoms with Gasteiger partial charge in [-0.3, -0.25) is 4.68 Å². The summed E-state index contributed by atoms with van der Waals surface area (Å²) in [5, 5.41) is 7.38. The van der Waals surface area contributed by atoms with Gasteiger partial charge in [0, 0.05) is 24.5 Å². The van der Waals surface area contributed by atoms with Crippen LogP contribution in [0, 0.1) is 0 Å². The lowest BCUT2D eigenvalue weighted by Crippen LogP contribution is -2.18. The molecule has 1 aromatic heterocycles. The van der Waals surface area contributed by atoms with Crippen molar-refractivity contribution >= 4 is 15.7 Å². The van der Waals surface area contributed by atoms with Crippen LogP contribution in [-0.2, 0) is 17.1 Å². The van der Waals surface area contributed by atoms with E-state index in [1.807, 2.05) is 26.2 Å². The van der Waals surface area contributed by atoms with Crippen LogP contribution in [0.1, 0.15) is 18.5 Å². The molecule has 1 unspecified atom stereocenters. The molecule has 0 fully saturated rings. The Hall–Kier alpha value is -1.86. The molecule has 6 nitrogen and oxygen atoms in total. The molecule has 0 amide bonds. The van der Waals surface area contributed by atoms with Crippen molar-refractivity contribution in [3.05, 3.63) is 42.2 Å². The first kappa shape index (κ1) is 14.5. The number of nitrogens with zero attached hydrogens (tertiary/aromatic N) is 2. The summed E-state index contributed by atoms with van der Waals surface area (Å²) >= 11 is 0. The van der Waals surface area contributed by atoms with Gasteiger partial charge in [-0.05, 0) is 32.2 Å². The Morgan fingerprint density at radius 3 is 2.70 bits per heavy atom. The van der Waals surface area contributed by atoms with E-state index in [1.54, 1.807) is 29.1 Å². The second-order valence-corrected chi connectivity index (χ2v) is 6.44. The lowest BCUT2D eigenvalue weighted by molar-refractivity contribution is 0.588. The van der Waals surface area contributed by atoms with Crippen LogP contribution in [-0.4, -0.2) is 25.2 Å². The fraction of sp³-hybridized carbons (Fsp3) is 0.308. The normalized spacial score (nSPS) is 13.2. The van der Waals surface area contributed by atoms with E-state index in [4.69, 9.17) is 0 Å². The average molecular weight is 294 g/mol. The molecule has 2 N–H and O–H groups in total. The number of aromatic nitrogens is 2. The van der Waals surface area contributed by atoms with Gasteiger partial charge in [-0.25, -0.2) is 13.1 Å². The molecule has 0 saturated carbocycles. The number of benzene rings is 1. The summed E-state index contributed by atoms with van der Waals surface area (Å²) in [6.45, 7) is 2.00. The third-order valence-corrected chi connectivity index (χ3v) is 4.43. The first-order chi connectivity index (χ1) is 9.42. The monoisotopic (exact) mass is 294 g/mol. The minimum atomic E-state index is -3.42. The zero-order chi connectivity index (χ0) is 14.8. The molecule has 2 aromatic rings. The molecule has 0 aliphatic heterocycles. The number of rotatable bonds is 5. The fourth-order valence-corrected chi connectivity index (χ4v) is 2.64. The summed E-state index contributed by atoms with van der Waals surface area (Å²) in [6, 6.07) is 6.75. The van der Waals surface area contributed by atoms with E-state index in [9.17, 15) is 8.42 Å². The second-order valence-electron chi connectivity index (χ2n) is 4.55. The number of hydrogen-bond donors (Lipinski definition) is 2. The predicted octanol–water partition coefficient (Wildman–Crippen LogP) is 1.50. The molecule has 0 aliphatic rings. The molecule has 0 bridgehead atoms. The van der Waals surface area contributed by atoms with Crippen molar-refractivity contribution in [1.82, 2.24) is 14.5 Å². The highest BCUT2D eigenvalue weighted by Gasteiger charge is 2.13. The number of nitrogens with one attached hydrogen (secondary N) is 2. The number of anilines is 1. The molecule has 2 rings (SSSR count). The second kappa shape index (κ2) is 5.64. The first-order valence-corrected chi connectivity index (χ1v) is 7.69. The van der Waals surface area contributed by atoms with E-state index < -0.39 is 10.0 Å². The molecule has 0 radical (unpaired) electrons. The van der Waals surface area contributed by atoms with E-state index >= 15 is 0 Å². The van der Waals surface area contributed by atoms with Crippen molar-refractivity contribution in [2.45, 2.75) is 17.9 Å². The van der Waals surface area contributed by atoms with Crippen LogP contribution in [0.25, 0.3) is 0 Å². The summed E-state index contributed by atoms with van der Waals surface area (Å²) in [6.07, 6.45) is 3.71. The topological polar surface area (TPSA) is 76.0 Å². The zero-order valence-corrected chi connectivity index (χ0v) is 12.5. The molecule has 0 aliphatic carbocycles. The highest BCUT2D eigenvalue weighted by Crippen LogP contribution is 2.21. The molecule has 1 aromatic carbocycles. The maximum absolute atomic E-state index is 11.8. The maximum Gasteiger partial charge on any atom is 0.240 e. The van der Waals surface area contributed by atoms with Gasteiger partial charge >= 0.3 is 0 Å². The van der Waals surface area contributed by atoms with Crippen LogP contribution in [0.4, 0.5) is 5.69 Å². The Kier molecular flexibility index (Phi) is 4.10. The van der Waals surface area contributed by atoms with Gasteiger partial charge in [0.15, 0.2) is 0 Å². The maximum atomic E-state index is 11.8. The summed E-state index contributed by atoms with van der Waals surface area (Å²) in [7, 11) is -0.169. The molecular weight excluding hydrogens is 276 g/mol. The van der Waals surface area contributed by atoms with Crippen LogP contribution in [0.2, 0.25) is 0 Å². The van der Waals surface area contributed by atoms with Gasteiger partial charge in [-0.2, -0.15) is 5.10 Å². The Labute approximate surface area is 118 Å². The van der Waals surface area contributed by atoms with Gasteiger partial charge in [0.05, 0.1) is 17.1 Å². The number of hydrogen-bond acceptors (Lipinski definition) is 4. The summed E-state index contributed by atoms with van der Waals surface area (Å²) in [5.41, 5.74) is 1.78. The highest BCUT2D eigenvalue weighted by atomic mass is 32.2. The van der Waals surface area contributed by atoms with Gasteiger partial charge in [-0.1, -0.05) is 6.07 Å². The number of sulfonamides is 1. The van der Waals surface area contributed by atoms with E-state index in [1.165, 1.54) is 7.05 Å². The van der Waals surface area contributed by atoms with Crippen LogP contribution in [0.3, 0.4) is 0 Å². The fourth-order valence-electron chi connectivity index (χ4n) is 1.87. The van der Waals surface area contributed by atoms with Crippen LogP contribution < -0.4 is 10.0 Å². The third kappa shape index (κ3) is 3.17. The largest absolute Gasteiger partial charge is 0.378 e. The van der Waals surface area contributed by atoms with E-state index in [2.05, 4.69) is 15.1 Å². The Morgan fingerprint density at radius 2 is 2.10 bits per heavy atom. The molecule has 1 heterocycles. The van der Waals surface area contributed by atoms with Crippen LogP contribution in [0.15, 0.2) is 41.6 Å². The van der Waals surface area contributed by atoms with Gasteiger partial charge < -0.3 is 5.32 Å². The third-order valence-electron chi connectivity index (χ3n) is 3.02. The molecule has 0 spiro atoms. The standard InChI is InChI=1S/C13H18N4O2S/c1-10(11-8-15-17(3)9-11)16-12-5-4-6-13(7-12)20(18,19)14-2/h4-10,14,16H,1-3H3. The summed E-state index contributed by atoms with van der Waals surface area (Å²) in [4.78, 5) is 0.239. The predicted molar refractivity (Wildman–Crippen MR) is 77.9 cm³/mol. The minimum Gasteiger partial charge on any atom is -0.378 e. The highest BCUT2D eigenvalue weighted by molar-refractivity contribution is 7.89.